The van der Waals surface area contributed by atoms with E-state index in [0.717, 1.165) is 27.8 Å². The standard InChI is InChI=1S/C24H19BrN2O3/c1-15(28)29-13-16-7-17(12-26-11-16)14-30-20-8-18-3-2-6-27-23-5-4-19(25)9-21(23)22(10-20)24(18)27/h2,4-12H,3,13-14H2,1H3. The van der Waals surface area contributed by atoms with Crippen molar-refractivity contribution < 1.29 is 14.3 Å². The summed E-state index contributed by atoms with van der Waals surface area (Å²) in [5.41, 5.74) is 5.44. The Kier molecular flexibility index (Phi) is 4.79. The first-order chi connectivity index (χ1) is 14.6. The minimum Gasteiger partial charge on any atom is -0.489 e. The molecule has 0 amide bonds. The van der Waals surface area contributed by atoms with E-state index in [1.54, 1.807) is 12.4 Å². The number of halogens is 1. The predicted octanol–water partition coefficient (Wildman–Crippen LogP) is 5.62. The molecule has 0 saturated heterocycles. The first-order valence-corrected chi connectivity index (χ1v) is 10.5. The second kappa shape index (κ2) is 7.61. The van der Waals surface area contributed by atoms with E-state index in [4.69, 9.17) is 9.47 Å². The Morgan fingerprint density at radius 1 is 1.10 bits per heavy atom. The molecular weight excluding hydrogens is 444 g/mol. The average molecular weight is 463 g/mol. The number of hydrogen-bond donors (Lipinski definition) is 0. The number of esters is 1. The number of allylic oxidation sites excluding steroid dienone is 1. The largest absolute Gasteiger partial charge is 0.489 e. The Hall–Kier alpha value is -3.12. The number of pyridine rings is 1. The third kappa shape index (κ3) is 3.48. The van der Waals surface area contributed by atoms with Crippen LogP contribution in [0.3, 0.4) is 0 Å². The van der Waals surface area contributed by atoms with Gasteiger partial charge in [-0.3, -0.25) is 9.78 Å². The smallest absolute Gasteiger partial charge is 0.302 e. The molecule has 0 bridgehead atoms. The van der Waals surface area contributed by atoms with E-state index < -0.39 is 0 Å². The van der Waals surface area contributed by atoms with Gasteiger partial charge in [0.25, 0.3) is 0 Å². The van der Waals surface area contributed by atoms with Crippen LogP contribution in [0.25, 0.3) is 28.0 Å². The van der Waals surface area contributed by atoms with Crippen LogP contribution < -0.4 is 4.74 Å². The second-order valence-electron chi connectivity index (χ2n) is 7.37. The van der Waals surface area contributed by atoms with Gasteiger partial charge in [0.05, 0.1) is 11.0 Å². The number of nitrogens with zero attached hydrogens (tertiary/aromatic N) is 2. The lowest BCUT2D eigenvalue weighted by atomic mass is 10.0. The fraction of sp³-hybridized carbons (Fsp3) is 0.167. The second-order valence-corrected chi connectivity index (χ2v) is 8.28. The number of benzene rings is 2. The van der Waals surface area contributed by atoms with Gasteiger partial charge in [0.2, 0.25) is 0 Å². The lowest BCUT2D eigenvalue weighted by Crippen LogP contribution is -2.02. The van der Waals surface area contributed by atoms with Crippen molar-refractivity contribution >= 4 is 49.9 Å². The summed E-state index contributed by atoms with van der Waals surface area (Å²) >= 11 is 3.59. The van der Waals surface area contributed by atoms with Crippen LogP contribution in [-0.2, 0) is 29.2 Å². The van der Waals surface area contributed by atoms with E-state index in [1.165, 1.54) is 34.3 Å². The van der Waals surface area contributed by atoms with Gasteiger partial charge >= 0.3 is 5.97 Å². The van der Waals surface area contributed by atoms with E-state index in [9.17, 15) is 4.79 Å². The van der Waals surface area contributed by atoms with Crippen LogP contribution in [0.1, 0.15) is 23.6 Å². The molecule has 1 aliphatic heterocycles. The molecule has 0 N–H and O–H groups in total. The fourth-order valence-electron chi connectivity index (χ4n) is 3.94. The van der Waals surface area contributed by atoms with Crippen molar-refractivity contribution in [1.82, 2.24) is 9.55 Å². The third-order valence-electron chi connectivity index (χ3n) is 5.20. The quantitative estimate of drug-likeness (QED) is 0.361. The number of carbonyl (C=O) groups is 1. The molecular formula is C24H19BrN2O3. The molecule has 1 aliphatic rings. The highest BCUT2D eigenvalue weighted by Crippen LogP contribution is 2.38. The zero-order valence-corrected chi connectivity index (χ0v) is 18.0. The van der Waals surface area contributed by atoms with E-state index in [-0.39, 0.29) is 12.6 Å². The Bertz CT molecular complexity index is 1320. The van der Waals surface area contributed by atoms with Crippen molar-refractivity contribution in [3.63, 3.8) is 0 Å². The van der Waals surface area contributed by atoms with Gasteiger partial charge in [-0.2, -0.15) is 0 Å². The number of ether oxygens (including phenoxy) is 2. The molecule has 2 aromatic heterocycles. The Labute approximate surface area is 182 Å². The number of fused-ring (bicyclic) bond motifs is 3. The zero-order chi connectivity index (χ0) is 20.7. The van der Waals surface area contributed by atoms with Crippen LogP contribution in [0.15, 0.2) is 59.3 Å². The molecule has 30 heavy (non-hydrogen) atoms. The molecule has 4 aromatic rings. The van der Waals surface area contributed by atoms with Gasteiger partial charge in [0, 0.05) is 51.9 Å². The SMILES string of the molecule is CC(=O)OCc1cncc(COc2cc3c4c(c2)c2cc(Br)ccc2n4C=CC3)c1. The molecule has 0 spiro atoms. The topological polar surface area (TPSA) is 53.4 Å². The fourth-order valence-corrected chi connectivity index (χ4v) is 4.30. The van der Waals surface area contributed by atoms with Crippen molar-refractivity contribution in [2.45, 2.75) is 26.6 Å². The Morgan fingerprint density at radius 3 is 2.77 bits per heavy atom. The molecule has 3 heterocycles. The van der Waals surface area contributed by atoms with Crippen molar-refractivity contribution in [3.8, 4) is 5.75 Å². The highest BCUT2D eigenvalue weighted by molar-refractivity contribution is 9.10. The first kappa shape index (κ1) is 18.9. The number of hydrogen-bond acceptors (Lipinski definition) is 4. The van der Waals surface area contributed by atoms with Crippen molar-refractivity contribution in [1.29, 1.82) is 0 Å². The average Bonchev–Trinajstić information content (AvgIpc) is 3.06. The third-order valence-corrected chi connectivity index (χ3v) is 5.70. The number of rotatable bonds is 5. The number of carbonyl (C=O) groups excluding carboxylic acids is 1. The highest BCUT2D eigenvalue weighted by Gasteiger charge is 2.17. The summed E-state index contributed by atoms with van der Waals surface area (Å²) in [7, 11) is 0. The van der Waals surface area contributed by atoms with Gasteiger partial charge < -0.3 is 14.0 Å². The summed E-state index contributed by atoms with van der Waals surface area (Å²) in [6.07, 6.45) is 8.67. The molecule has 0 saturated carbocycles. The summed E-state index contributed by atoms with van der Waals surface area (Å²) in [5, 5.41) is 2.38. The highest BCUT2D eigenvalue weighted by atomic mass is 79.9. The molecule has 0 radical (unpaired) electrons. The Balaban J connectivity index is 1.46. The van der Waals surface area contributed by atoms with Crippen molar-refractivity contribution in [3.05, 3.63) is 76.0 Å². The molecule has 5 nitrogen and oxygen atoms in total. The Morgan fingerprint density at radius 2 is 1.93 bits per heavy atom. The lowest BCUT2D eigenvalue weighted by molar-refractivity contribution is -0.142. The molecule has 5 rings (SSSR count). The van der Waals surface area contributed by atoms with Crippen LogP contribution in [-0.4, -0.2) is 15.5 Å². The van der Waals surface area contributed by atoms with E-state index in [0.29, 0.717) is 6.61 Å². The molecule has 6 heteroatoms. The van der Waals surface area contributed by atoms with Gasteiger partial charge in [0.1, 0.15) is 19.0 Å². The van der Waals surface area contributed by atoms with E-state index >= 15 is 0 Å². The van der Waals surface area contributed by atoms with Gasteiger partial charge in [0.15, 0.2) is 0 Å². The maximum absolute atomic E-state index is 11.0. The summed E-state index contributed by atoms with van der Waals surface area (Å²) < 4.78 is 14.5. The summed E-state index contributed by atoms with van der Waals surface area (Å²) in [6.45, 7) is 2.00. The first-order valence-electron chi connectivity index (χ1n) is 9.70. The van der Waals surface area contributed by atoms with Crippen LogP contribution in [0.4, 0.5) is 0 Å². The normalized spacial score (nSPS) is 12.5. The zero-order valence-electron chi connectivity index (χ0n) is 16.4. The minimum atomic E-state index is -0.307. The van der Waals surface area contributed by atoms with Crippen molar-refractivity contribution in [2.24, 2.45) is 0 Å². The van der Waals surface area contributed by atoms with Crippen LogP contribution >= 0.6 is 15.9 Å². The van der Waals surface area contributed by atoms with Gasteiger partial charge in [-0.1, -0.05) is 22.0 Å². The van der Waals surface area contributed by atoms with Crippen LogP contribution in [0.2, 0.25) is 0 Å². The summed E-state index contributed by atoms with van der Waals surface area (Å²) in [5.74, 6) is 0.524. The monoisotopic (exact) mass is 462 g/mol. The maximum Gasteiger partial charge on any atom is 0.302 e. The van der Waals surface area contributed by atoms with Crippen molar-refractivity contribution in [2.75, 3.05) is 0 Å². The van der Waals surface area contributed by atoms with Gasteiger partial charge in [-0.25, -0.2) is 0 Å². The van der Waals surface area contributed by atoms with Crippen LogP contribution in [0, 0.1) is 0 Å². The molecule has 2 aromatic carbocycles. The van der Waals surface area contributed by atoms with E-state index in [1.807, 2.05) is 6.07 Å². The van der Waals surface area contributed by atoms with Crippen LogP contribution in [0.5, 0.6) is 5.75 Å². The lowest BCUT2D eigenvalue weighted by Gasteiger charge is -2.13. The van der Waals surface area contributed by atoms with E-state index in [2.05, 4.69) is 68.1 Å². The molecule has 0 atom stereocenters. The predicted molar refractivity (Wildman–Crippen MR) is 120 cm³/mol. The molecule has 0 aliphatic carbocycles. The van der Waals surface area contributed by atoms with Gasteiger partial charge in [-0.15, -0.1) is 0 Å². The minimum absolute atomic E-state index is 0.215. The summed E-state index contributed by atoms with van der Waals surface area (Å²) in [4.78, 5) is 15.3. The molecule has 0 fully saturated rings. The molecule has 150 valence electrons. The number of aromatic nitrogens is 2. The summed E-state index contributed by atoms with van der Waals surface area (Å²) in [6, 6.07) is 12.5. The molecule has 0 unspecified atom stereocenters. The maximum atomic E-state index is 11.0. The van der Waals surface area contributed by atoms with Gasteiger partial charge in [-0.05, 0) is 48.4 Å².